The first kappa shape index (κ1) is 16.9. The van der Waals surface area contributed by atoms with Gasteiger partial charge in [-0.25, -0.2) is 9.78 Å². The van der Waals surface area contributed by atoms with Crippen molar-refractivity contribution in [3.63, 3.8) is 0 Å². The topological polar surface area (TPSA) is 78.9 Å². The van der Waals surface area contributed by atoms with Gasteiger partial charge in [-0.1, -0.05) is 13.5 Å². The number of carbonyl (C=O) groups excluding carboxylic acids is 1. The molecule has 0 aliphatic carbocycles. The number of nitrogens with zero attached hydrogens (tertiary/aromatic N) is 2. The van der Waals surface area contributed by atoms with Crippen LogP contribution in [-0.4, -0.2) is 29.1 Å². The second-order valence-corrected chi connectivity index (χ2v) is 5.03. The predicted octanol–water partition coefficient (Wildman–Crippen LogP) is 3.38. The molecule has 0 bridgehead atoms. The molecule has 6 nitrogen and oxygen atoms in total. The molecule has 2 rings (SSSR count). The van der Waals surface area contributed by atoms with E-state index in [9.17, 15) is 4.79 Å². The van der Waals surface area contributed by atoms with Crippen LogP contribution in [-0.2, 0) is 0 Å². The van der Waals surface area contributed by atoms with E-state index in [-0.39, 0.29) is 13.5 Å². The number of anilines is 2. The number of rotatable bonds is 5. The zero-order valence-electron chi connectivity index (χ0n) is 11.5. The highest BCUT2D eigenvalue weighted by Gasteiger charge is 2.13. The number of aryl methyl sites for hydroxylation is 1. The van der Waals surface area contributed by atoms with Gasteiger partial charge in [-0.3, -0.25) is 5.32 Å². The van der Waals surface area contributed by atoms with Crippen LogP contribution in [0.25, 0.3) is 10.2 Å². The summed E-state index contributed by atoms with van der Waals surface area (Å²) >= 11 is 1.52. The Bertz CT molecular complexity index is 638. The van der Waals surface area contributed by atoms with Gasteiger partial charge in [0.05, 0.1) is 10.2 Å². The molecule has 2 amide bonds. The zero-order valence-corrected chi connectivity index (χ0v) is 12.3. The van der Waals surface area contributed by atoms with Crippen molar-refractivity contribution >= 4 is 39.4 Å². The Morgan fingerprint density at radius 3 is 2.90 bits per heavy atom. The minimum Gasteiger partial charge on any atom is -0.351 e. The number of urea groups is 1. The van der Waals surface area contributed by atoms with E-state index in [1.165, 1.54) is 11.3 Å². The van der Waals surface area contributed by atoms with Crippen LogP contribution in [0.5, 0.6) is 0 Å². The SMILES string of the molecule is C.C=CCNc1nc(NC(=O)NCC)c2scc(C)c2n1. The van der Waals surface area contributed by atoms with Gasteiger partial charge in [0.2, 0.25) is 5.95 Å². The standard InChI is InChI=1S/C13H17N5OS.CH4/c1-4-6-15-12-16-9-8(3)7-20-10(9)11(17-12)18-13(19)14-5-2;/h4,7H,1,5-6H2,2-3H3,(H3,14,15,16,17,18,19);1H4. The van der Waals surface area contributed by atoms with Gasteiger partial charge in [-0.2, -0.15) is 4.98 Å². The van der Waals surface area contributed by atoms with E-state index in [0.29, 0.717) is 24.9 Å². The van der Waals surface area contributed by atoms with E-state index >= 15 is 0 Å². The number of nitrogens with one attached hydrogen (secondary N) is 3. The minimum atomic E-state index is -0.270. The van der Waals surface area contributed by atoms with Gasteiger partial charge in [0.15, 0.2) is 5.82 Å². The number of thiophene rings is 1. The number of hydrogen-bond donors (Lipinski definition) is 3. The molecule has 0 radical (unpaired) electrons. The third-order valence-corrected chi connectivity index (χ3v) is 3.66. The maximum Gasteiger partial charge on any atom is 0.320 e. The molecule has 0 aliphatic heterocycles. The predicted molar refractivity (Wildman–Crippen MR) is 90.3 cm³/mol. The molecule has 0 aliphatic rings. The molecule has 0 saturated heterocycles. The lowest BCUT2D eigenvalue weighted by Gasteiger charge is -2.09. The molecule has 21 heavy (non-hydrogen) atoms. The highest BCUT2D eigenvalue weighted by molar-refractivity contribution is 7.18. The van der Waals surface area contributed by atoms with E-state index in [4.69, 9.17) is 0 Å². The van der Waals surface area contributed by atoms with Gasteiger partial charge in [-0.15, -0.1) is 17.9 Å². The first-order chi connectivity index (χ1) is 9.65. The first-order valence-electron chi connectivity index (χ1n) is 6.31. The van der Waals surface area contributed by atoms with Crippen LogP contribution < -0.4 is 16.0 Å². The Labute approximate surface area is 128 Å². The number of aromatic nitrogens is 2. The maximum atomic E-state index is 11.7. The molecule has 2 heterocycles. The lowest BCUT2D eigenvalue weighted by molar-refractivity contribution is 0.252. The van der Waals surface area contributed by atoms with Crippen LogP contribution in [0.4, 0.5) is 16.6 Å². The fraction of sp³-hybridized carbons (Fsp3) is 0.357. The summed E-state index contributed by atoms with van der Waals surface area (Å²) < 4.78 is 0.873. The molecule has 3 N–H and O–H groups in total. The quantitative estimate of drug-likeness (QED) is 0.740. The van der Waals surface area contributed by atoms with Crippen molar-refractivity contribution in [2.75, 3.05) is 23.7 Å². The molecule has 0 spiro atoms. The molecule has 0 aromatic carbocycles. The molecule has 2 aromatic heterocycles. The molecular formula is C14H21N5OS. The van der Waals surface area contributed by atoms with Gasteiger partial charge in [0.1, 0.15) is 0 Å². The highest BCUT2D eigenvalue weighted by Crippen LogP contribution is 2.30. The van der Waals surface area contributed by atoms with Crippen molar-refractivity contribution < 1.29 is 4.79 Å². The van der Waals surface area contributed by atoms with Gasteiger partial charge >= 0.3 is 6.03 Å². The van der Waals surface area contributed by atoms with Crippen molar-refractivity contribution in [3.05, 3.63) is 23.6 Å². The van der Waals surface area contributed by atoms with Crippen molar-refractivity contribution in [1.82, 2.24) is 15.3 Å². The molecule has 0 atom stereocenters. The second-order valence-electron chi connectivity index (χ2n) is 4.15. The van der Waals surface area contributed by atoms with Crippen molar-refractivity contribution in [2.24, 2.45) is 0 Å². The van der Waals surface area contributed by atoms with Crippen molar-refractivity contribution in [3.8, 4) is 0 Å². The average Bonchev–Trinajstić information content (AvgIpc) is 2.79. The lowest BCUT2D eigenvalue weighted by atomic mass is 10.3. The smallest absolute Gasteiger partial charge is 0.320 e. The van der Waals surface area contributed by atoms with E-state index in [0.717, 1.165) is 15.8 Å². The fourth-order valence-corrected chi connectivity index (χ4v) is 2.60. The highest BCUT2D eigenvalue weighted by atomic mass is 32.1. The number of fused-ring (bicyclic) bond motifs is 1. The summed E-state index contributed by atoms with van der Waals surface area (Å²) in [5.41, 5.74) is 1.91. The third-order valence-electron chi connectivity index (χ3n) is 2.57. The summed E-state index contributed by atoms with van der Waals surface area (Å²) in [7, 11) is 0. The molecule has 0 saturated carbocycles. The average molecular weight is 307 g/mol. The normalized spacial score (nSPS) is 9.81. The van der Waals surface area contributed by atoms with Crippen LogP contribution in [0.2, 0.25) is 0 Å². The number of carbonyl (C=O) groups is 1. The number of hydrogen-bond acceptors (Lipinski definition) is 5. The summed E-state index contributed by atoms with van der Waals surface area (Å²) in [6, 6.07) is -0.270. The summed E-state index contributed by atoms with van der Waals surface area (Å²) in [5.74, 6) is 0.997. The van der Waals surface area contributed by atoms with Gasteiger partial charge in [0, 0.05) is 13.1 Å². The summed E-state index contributed by atoms with van der Waals surface area (Å²) in [4.78, 5) is 20.5. The van der Waals surface area contributed by atoms with Crippen LogP contribution in [0, 0.1) is 6.92 Å². The second kappa shape index (κ2) is 7.58. The van der Waals surface area contributed by atoms with Gasteiger partial charge in [0.25, 0.3) is 0 Å². The molecule has 2 aromatic rings. The monoisotopic (exact) mass is 307 g/mol. The maximum absolute atomic E-state index is 11.7. The fourth-order valence-electron chi connectivity index (χ4n) is 1.67. The minimum absolute atomic E-state index is 0. The van der Waals surface area contributed by atoms with Crippen molar-refractivity contribution in [1.29, 1.82) is 0 Å². The molecule has 114 valence electrons. The van der Waals surface area contributed by atoms with Gasteiger partial charge < -0.3 is 10.6 Å². The summed E-state index contributed by atoms with van der Waals surface area (Å²) in [6.07, 6.45) is 1.73. The Hall–Kier alpha value is -2.15. The number of amides is 2. The largest absolute Gasteiger partial charge is 0.351 e. The molecule has 0 fully saturated rings. The Balaban J connectivity index is 0.00000220. The Morgan fingerprint density at radius 1 is 1.48 bits per heavy atom. The van der Waals surface area contributed by atoms with E-state index in [2.05, 4.69) is 32.5 Å². The van der Waals surface area contributed by atoms with E-state index < -0.39 is 0 Å². The molecule has 7 heteroatoms. The van der Waals surface area contributed by atoms with Crippen LogP contribution in [0.1, 0.15) is 19.9 Å². The van der Waals surface area contributed by atoms with Gasteiger partial charge in [-0.05, 0) is 24.8 Å². The first-order valence-corrected chi connectivity index (χ1v) is 7.19. The van der Waals surface area contributed by atoms with Crippen LogP contribution in [0.15, 0.2) is 18.0 Å². The van der Waals surface area contributed by atoms with E-state index in [1.54, 1.807) is 6.08 Å². The summed E-state index contributed by atoms with van der Waals surface area (Å²) in [5, 5.41) is 10.5. The molecule has 0 unspecified atom stereocenters. The zero-order chi connectivity index (χ0) is 14.5. The van der Waals surface area contributed by atoms with E-state index in [1.807, 2.05) is 19.2 Å². The third kappa shape index (κ3) is 3.91. The van der Waals surface area contributed by atoms with Crippen LogP contribution >= 0.6 is 11.3 Å². The Kier molecular flexibility index (Phi) is 6.10. The lowest BCUT2D eigenvalue weighted by Crippen LogP contribution is -2.28. The van der Waals surface area contributed by atoms with Crippen LogP contribution in [0.3, 0.4) is 0 Å². The molecular weight excluding hydrogens is 286 g/mol. The summed E-state index contributed by atoms with van der Waals surface area (Å²) in [6.45, 7) is 8.62. The Morgan fingerprint density at radius 2 is 2.24 bits per heavy atom. The van der Waals surface area contributed by atoms with Crippen molar-refractivity contribution in [2.45, 2.75) is 21.3 Å².